The van der Waals surface area contributed by atoms with E-state index in [0.29, 0.717) is 0 Å². The van der Waals surface area contributed by atoms with Crippen LogP contribution in [0.2, 0.25) is 0 Å². The van der Waals surface area contributed by atoms with Gasteiger partial charge in [0.25, 0.3) is 0 Å². The maximum Gasteiger partial charge on any atom is 0.478 e. The minimum Gasteiger partial charge on any atom is -0.303 e. The zero-order valence-electron chi connectivity index (χ0n) is 15.8. The predicted molar refractivity (Wildman–Crippen MR) is 100 cm³/mol. The molecule has 0 amide bonds. The van der Waals surface area contributed by atoms with E-state index in [1.807, 2.05) is 0 Å². The number of unbranched alkanes of at least 4 members (excludes halogenated alkanes) is 6. The fraction of sp³-hybridized carbons (Fsp3) is 1.00. The smallest absolute Gasteiger partial charge is 0.303 e. The van der Waals surface area contributed by atoms with Crippen LogP contribution < -0.4 is 0 Å². The number of rotatable bonds is 14. The van der Waals surface area contributed by atoms with Gasteiger partial charge in [0, 0.05) is 0 Å². The molecule has 154 valence electrons. The molecule has 0 unspecified atom stereocenters. The second-order valence-corrected chi connectivity index (χ2v) is 8.64. The highest BCUT2D eigenvalue weighted by atomic mass is 31.3. The molecule has 0 atom stereocenters. The second-order valence-electron chi connectivity index (χ2n) is 6.03. The van der Waals surface area contributed by atoms with Crippen LogP contribution in [0.3, 0.4) is 0 Å². The van der Waals surface area contributed by atoms with Crippen LogP contribution in [0.5, 0.6) is 0 Å². The molecular weight excluding hydrogens is 368 g/mol. The largest absolute Gasteiger partial charge is 0.478 e. The van der Waals surface area contributed by atoms with E-state index in [2.05, 4.69) is 30.0 Å². The van der Waals surface area contributed by atoms with E-state index in [1.165, 1.54) is 77.4 Å². The fourth-order valence-corrected chi connectivity index (χ4v) is 3.34. The molecule has 0 saturated carbocycles. The first-order valence-corrected chi connectivity index (χ1v) is 12.2. The Morgan fingerprint density at radius 1 is 0.640 bits per heavy atom. The molecule has 8 nitrogen and oxygen atoms in total. The summed E-state index contributed by atoms with van der Waals surface area (Å²) in [4.78, 5) is 33.7. The third-order valence-corrected chi connectivity index (χ3v) is 5.15. The minimum atomic E-state index is -5.05. The van der Waals surface area contributed by atoms with Crippen molar-refractivity contribution in [2.24, 2.45) is 0 Å². The number of phosphoric acid groups is 2. The molecular formula is C15H37NO7P2. The van der Waals surface area contributed by atoms with Crippen LogP contribution in [0.4, 0.5) is 0 Å². The van der Waals surface area contributed by atoms with Crippen molar-refractivity contribution in [3.05, 3.63) is 0 Å². The predicted octanol–water partition coefficient (Wildman–Crippen LogP) is 4.05. The Morgan fingerprint density at radius 3 is 1.08 bits per heavy atom. The Labute approximate surface area is 152 Å². The van der Waals surface area contributed by atoms with Gasteiger partial charge >= 0.3 is 15.6 Å². The van der Waals surface area contributed by atoms with E-state index in [1.54, 1.807) is 0 Å². The summed E-state index contributed by atoms with van der Waals surface area (Å²) < 4.78 is 22.2. The molecule has 0 aromatic rings. The number of hydrogen-bond acceptors (Lipinski definition) is 4. The molecule has 0 bridgehead atoms. The van der Waals surface area contributed by atoms with Gasteiger partial charge in [-0.1, -0.05) is 59.3 Å². The highest BCUT2D eigenvalue weighted by Gasteiger charge is 2.27. The SMILES string of the molecule is CCCCCN(CCCCC)CCCCC.O=P(O)(O)OP(=O)(O)O. The van der Waals surface area contributed by atoms with Crippen LogP contribution >= 0.6 is 15.6 Å². The molecule has 4 N–H and O–H groups in total. The van der Waals surface area contributed by atoms with Crippen LogP contribution in [0.15, 0.2) is 0 Å². The van der Waals surface area contributed by atoms with Crippen molar-refractivity contribution in [3.63, 3.8) is 0 Å². The molecule has 10 heteroatoms. The van der Waals surface area contributed by atoms with Gasteiger partial charge in [-0.05, 0) is 38.9 Å². The summed E-state index contributed by atoms with van der Waals surface area (Å²) in [5.41, 5.74) is 0. The summed E-state index contributed by atoms with van der Waals surface area (Å²) in [6.45, 7) is 10.9. The van der Waals surface area contributed by atoms with Gasteiger partial charge in [-0.2, -0.15) is 4.31 Å². The summed E-state index contributed by atoms with van der Waals surface area (Å²) in [5, 5.41) is 0. The summed E-state index contributed by atoms with van der Waals surface area (Å²) in [5.74, 6) is 0. The maximum absolute atomic E-state index is 9.63. The summed E-state index contributed by atoms with van der Waals surface area (Å²) in [6, 6.07) is 0. The van der Waals surface area contributed by atoms with E-state index in [9.17, 15) is 9.13 Å². The van der Waals surface area contributed by atoms with Gasteiger partial charge in [0.1, 0.15) is 0 Å². The third-order valence-electron chi connectivity index (χ3n) is 3.45. The minimum absolute atomic E-state index is 1.33. The Bertz CT molecular complexity index is 340. The van der Waals surface area contributed by atoms with Crippen LogP contribution in [-0.4, -0.2) is 44.1 Å². The lowest BCUT2D eigenvalue weighted by Gasteiger charge is -2.22. The molecule has 0 radical (unpaired) electrons. The second kappa shape index (κ2) is 16.4. The van der Waals surface area contributed by atoms with Crippen molar-refractivity contribution in [2.45, 2.75) is 78.6 Å². The van der Waals surface area contributed by atoms with Crippen molar-refractivity contribution in [2.75, 3.05) is 19.6 Å². The maximum atomic E-state index is 9.63. The molecule has 0 aromatic heterocycles. The molecule has 0 aromatic carbocycles. The standard InChI is InChI=1S/C15H33N.H4O7P2/c1-4-7-10-13-16(14-11-8-5-2)15-12-9-6-3;1-8(2,3)7-9(4,5)6/h4-15H2,1-3H3;(H2,1,2,3)(H2,4,5,6). The Balaban J connectivity index is 0. The average Bonchev–Trinajstić information content (AvgIpc) is 2.44. The van der Waals surface area contributed by atoms with Crippen LogP contribution in [-0.2, 0) is 13.4 Å². The molecule has 0 fully saturated rings. The molecule has 25 heavy (non-hydrogen) atoms. The van der Waals surface area contributed by atoms with Gasteiger partial charge in [0.15, 0.2) is 0 Å². The molecule has 0 aliphatic rings. The lowest BCUT2D eigenvalue weighted by Crippen LogP contribution is -2.27. The topological polar surface area (TPSA) is 128 Å². The zero-order valence-corrected chi connectivity index (χ0v) is 17.6. The van der Waals surface area contributed by atoms with E-state index in [-0.39, 0.29) is 0 Å². The van der Waals surface area contributed by atoms with Crippen molar-refractivity contribution >= 4 is 15.6 Å². The summed E-state index contributed by atoms with van der Waals surface area (Å²) in [7, 11) is -10.1. The lowest BCUT2D eigenvalue weighted by molar-refractivity contribution is 0.225. The van der Waals surface area contributed by atoms with Crippen LogP contribution in [0, 0.1) is 0 Å². The fourth-order valence-electron chi connectivity index (χ4n) is 2.23. The highest BCUT2D eigenvalue weighted by Crippen LogP contribution is 2.53. The first-order chi connectivity index (χ1) is 11.6. The number of hydrogen-bond donors (Lipinski definition) is 4. The first kappa shape index (κ1) is 27.4. The molecule has 0 heterocycles. The number of nitrogens with zero attached hydrogens (tertiary/aromatic N) is 1. The molecule has 0 spiro atoms. The van der Waals surface area contributed by atoms with E-state index in [4.69, 9.17) is 19.6 Å². The van der Waals surface area contributed by atoms with Gasteiger partial charge in [-0.15, -0.1) is 0 Å². The average molecular weight is 405 g/mol. The Kier molecular flexibility index (Phi) is 18.0. The summed E-state index contributed by atoms with van der Waals surface area (Å²) >= 11 is 0. The van der Waals surface area contributed by atoms with E-state index >= 15 is 0 Å². The normalized spacial score (nSPS) is 12.2. The molecule has 0 rings (SSSR count). The summed E-state index contributed by atoms with van der Waals surface area (Å²) in [6.07, 6.45) is 12.4. The van der Waals surface area contributed by atoms with Gasteiger partial charge < -0.3 is 24.5 Å². The van der Waals surface area contributed by atoms with Crippen molar-refractivity contribution in [3.8, 4) is 0 Å². The van der Waals surface area contributed by atoms with Crippen LogP contribution in [0.1, 0.15) is 78.6 Å². The van der Waals surface area contributed by atoms with Crippen LogP contribution in [0.25, 0.3) is 0 Å². The third kappa shape index (κ3) is 26.6. The van der Waals surface area contributed by atoms with E-state index < -0.39 is 15.6 Å². The van der Waals surface area contributed by atoms with Gasteiger partial charge in [0.05, 0.1) is 0 Å². The van der Waals surface area contributed by atoms with E-state index in [0.717, 1.165) is 0 Å². The first-order valence-electron chi connectivity index (χ1n) is 9.10. The quantitative estimate of drug-likeness (QED) is 0.252. The molecule has 0 aliphatic heterocycles. The zero-order chi connectivity index (χ0) is 19.8. The molecule has 0 saturated heterocycles. The van der Waals surface area contributed by atoms with Gasteiger partial charge in [0.2, 0.25) is 0 Å². The van der Waals surface area contributed by atoms with Gasteiger partial charge in [-0.3, -0.25) is 0 Å². The monoisotopic (exact) mass is 405 g/mol. The van der Waals surface area contributed by atoms with Crippen molar-refractivity contribution < 1.29 is 33.0 Å². The molecule has 0 aliphatic carbocycles. The van der Waals surface area contributed by atoms with Gasteiger partial charge in [-0.25, -0.2) is 9.13 Å². The van der Waals surface area contributed by atoms with Crippen molar-refractivity contribution in [1.82, 2.24) is 4.90 Å². The Hall–Kier alpha value is 0.220. The highest BCUT2D eigenvalue weighted by molar-refractivity contribution is 7.60. The lowest BCUT2D eigenvalue weighted by atomic mass is 10.2. The van der Waals surface area contributed by atoms with Crippen molar-refractivity contribution in [1.29, 1.82) is 0 Å². The Morgan fingerprint density at radius 2 is 0.920 bits per heavy atom.